The van der Waals surface area contributed by atoms with Crippen LogP contribution in [-0.4, -0.2) is 23.6 Å². The van der Waals surface area contributed by atoms with Gasteiger partial charge in [-0.15, -0.1) is 11.3 Å². The van der Waals surface area contributed by atoms with Crippen LogP contribution in [0.1, 0.15) is 5.56 Å². The summed E-state index contributed by atoms with van der Waals surface area (Å²) in [6.45, 7) is 0.783. The summed E-state index contributed by atoms with van der Waals surface area (Å²) in [7, 11) is 2.13. The van der Waals surface area contributed by atoms with Crippen molar-refractivity contribution in [1.82, 2.24) is 9.88 Å². The molecule has 1 aliphatic heterocycles. The molecule has 0 saturated carbocycles. The monoisotopic (exact) mass is 435 g/mol. The number of nitrogens with zero attached hydrogens (tertiary/aromatic N) is 3. The van der Waals surface area contributed by atoms with E-state index in [2.05, 4.69) is 82.6 Å². The van der Waals surface area contributed by atoms with E-state index in [4.69, 9.17) is 4.74 Å². The SMILES string of the molecule is CN1CN(c2cccc(Oc3ccccn3)c2)C=C1c1ccc2sc3ccccc3c2c1. The standard InChI is InChI=1S/C27H21N3OS/c1-29-18-30(20-7-6-8-21(16-20)31-27-11-4-5-14-28-27)17-24(29)19-12-13-26-23(15-19)22-9-2-3-10-25(22)32-26/h2-17H,18H2,1H3. The Hall–Kier alpha value is -3.83. The topological polar surface area (TPSA) is 28.6 Å². The van der Waals surface area contributed by atoms with Gasteiger partial charge in [-0.2, -0.15) is 0 Å². The Morgan fingerprint density at radius 1 is 0.844 bits per heavy atom. The number of ether oxygens (including phenoxy) is 1. The van der Waals surface area contributed by atoms with Crippen molar-refractivity contribution in [1.29, 1.82) is 0 Å². The Kier molecular flexibility index (Phi) is 4.55. The van der Waals surface area contributed by atoms with Crippen LogP contribution in [0.5, 0.6) is 11.6 Å². The van der Waals surface area contributed by atoms with E-state index >= 15 is 0 Å². The van der Waals surface area contributed by atoms with Crippen LogP contribution < -0.4 is 9.64 Å². The third kappa shape index (κ3) is 3.37. The lowest BCUT2D eigenvalue weighted by Gasteiger charge is -2.20. The Balaban J connectivity index is 1.33. The van der Waals surface area contributed by atoms with Crippen LogP contribution in [0, 0.1) is 0 Å². The van der Waals surface area contributed by atoms with E-state index in [1.54, 1.807) is 6.20 Å². The molecule has 0 N–H and O–H groups in total. The molecule has 3 aromatic carbocycles. The van der Waals surface area contributed by atoms with E-state index in [0.29, 0.717) is 5.88 Å². The number of thiophene rings is 1. The molecule has 0 radical (unpaired) electrons. The zero-order valence-electron chi connectivity index (χ0n) is 17.6. The lowest BCUT2D eigenvalue weighted by molar-refractivity contribution is 0.462. The number of hydrogen-bond acceptors (Lipinski definition) is 5. The molecule has 1 aliphatic rings. The number of rotatable bonds is 4. The predicted molar refractivity (Wildman–Crippen MR) is 133 cm³/mol. The molecule has 0 aliphatic carbocycles. The smallest absolute Gasteiger partial charge is 0.219 e. The van der Waals surface area contributed by atoms with Gasteiger partial charge in [-0.3, -0.25) is 0 Å². The van der Waals surface area contributed by atoms with E-state index in [1.807, 2.05) is 41.7 Å². The van der Waals surface area contributed by atoms with Gasteiger partial charge in [-0.25, -0.2) is 4.98 Å². The van der Waals surface area contributed by atoms with Crippen LogP contribution in [0.15, 0.2) is 97.3 Å². The number of pyridine rings is 1. The van der Waals surface area contributed by atoms with Crippen molar-refractivity contribution in [2.24, 2.45) is 0 Å². The number of benzene rings is 3. The summed E-state index contributed by atoms with van der Waals surface area (Å²) in [6, 6.07) is 29.2. The maximum atomic E-state index is 5.93. The molecule has 4 nitrogen and oxygen atoms in total. The molecule has 0 fully saturated rings. The maximum Gasteiger partial charge on any atom is 0.219 e. The van der Waals surface area contributed by atoms with E-state index in [-0.39, 0.29) is 0 Å². The third-order valence-corrected chi connectivity index (χ3v) is 6.89. The lowest BCUT2D eigenvalue weighted by Crippen LogP contribution is -2.22. The van der Waals surface area contributed by atoms with Crippen molar-refractivity contribution in [2.45, 2.75) is 0 Å². The first-order chi connectivity index (χ1) is 15.7. The lowest BCUT2D eigenvalue weighted by atomic mass is 10.1. The molecule has 2 aromatic heterocycles. The van der Waals surface area contributed by atoms with Crippen molar-refractivity contribution >= 4 is 42.9 Å². The van der Waals surface area contributed by atoms with Gasteiger partial charge in [0.1, 0.15) is 5.75 Å². The molecule has 0 atom stereocenters. The second kappa shape index (κ2) is 7.70. The Morgan fingerprint density at radius 2 is 1.72 bits per heavy atom. The first-order valence-corrected chi connectivity index (χ1v) is 11.4. The van der Waals surface area contributed by atoms with Crippen molar-refractivity contribution < 1.29 is 4.74 Å². The number of hydrogen-bond donors (Lipinski definition) is 0. The minimum absolute atomic E-state index is 0.593. The molecule has 6 rings (SSSR count). The molecule has 3 heterocycles. The zero-order valence-corrected chi connectivity index (χ0v) is 18.4. The van der Waals surface area contributed by atoms with Gasteiger partial charge in [-0.05, 0) is 36.4 Å². The summed E-state index contributed by atoms with van der Waals surface area (Å²) >= 11 is 1.85. The van der Waals surface area contributed by atoms with Crippen molar-refractivity contribution in [3.05, 3.63) is 103 Å². The maximum absolute atomic E-state index is 5.93. The summed E-state index contributed by atoms with van der Waals surface area (Å²) in [4.78, 5) is 8.78. The molecular formula is C27H21N3OS. The van der Waals surface area contributed by atoms with Gasteiger partial charge < -0.3 is 14.5 Å². The minimum Gasteiger partial charge on any atom is -0.439 e. The van der Waals surface area contributed by atoms with E-state index in [0.717, 1.165) is 18.1 Å². The van der Waals surface area contributed by atoms with E-state index in [1.165, 1.54) is 31.4 Å². The highest BCUT2D eigenvalue weighted by atomic mass is 32.1. The molecule has 0 unspecified atom stereocenters. The van der Waals surface area contributed by atoms with Crippen LogP contribution in [0.25, 0.3) is 25.9 Å². The fourth-order valence-corrected chi connectivity index (χ4v) is 5.27. The van der Waals surface area contributed by atoms with Crippen LogP contribution >= 0.6 is 11.3 Å². The number of aromatic nitrogens is 1. The normalized spacial score (nSPS) is 13.7. The van der Waals surface area contributed by atoms with Crippen LogP contribution in [0.4, 0.5) is 5.69 Å². The van der Waals surface area contributed by atoms with Crippen molar-refractivity contribution in [3.8, 4) is 11.6 Å². The van der Waals surface area contributed by atoms with Gasteiger partial charge in [0.15, 0.2) is 0 Å². The Morgan fingerprint density at radius 3 is 2.62 bits per heavy atom. The van der Waals surface area contributed by atoms with Gasteiger partial charge in [0, 0.05) is 63.0 Å². The highest BCUT2D eigenvalue weighted by Crippen LogP contribution is 2.37. The van der Waals surface area contributed by atoms with Crippen molar-refractivity contribution in [2.75, 3.05) is 18.6 Å². The highest BCUT2D eigenvalue weighted by Gasteiger charge is 2.21. The largest absolute Gasteiger partial charge is 0.439 e. The second-order valence-corrected chi connectivity index (χ2v) is 8.98. The first kappa shape index (κ1) is 18.9. The summed E-state index contributed by atoms with van der Waals surface area (Å²) in [6.07, 6.45) is 3.95. The number of anilines is 1. The van der Waals surface area contributed by atoms with Gasteiger partial charge in [0.05, 0.1) is 12.4 Å². The fraction of sp³-hybridized carbons (Fsp3) is 0.0741. The third-order valence-electron chi connectivity index (χ3n) is 5.74. The molecule has 0 amide bonds. The van der Waals surface area contributed by atoms with Crippen molar-refractivity contribution in [3.63, 3.8) is 0 Å². The molecule has 0 spiro atoms. The average Bonchev–Trinajstić information content (AvgIpc) is 3.40. The summed E-state index contributed by atoms with van der Waals surface area (Å²) < 4.78 is 8.59. The van der Waals surface area contributed by atoms with E-state index in [9.17, 15) is 0 Å². The van der Waals surface area contributed by atoms with Gasteiger partial charge >= 0.3 is 0 Å². The Bertz CT molecular complexity index is 1460. The van der Waals surface area contributed by atoms with Crippen LogP contribution in [-0.2, 0) is 0 Å². The first-order valence-electron chi connectivity index (χ1n) is 10.5. The molecular weight excluding hydrogens is 414 g/mol. The minimum atomic E-state index is 0.593. The average molecular weight is 436 g/mol. The molecule has 0 bridgehead atoms. The second-order valence-electron chi connectivity index (χ2n) is 7.90. The van der Waals surface area contributed by atoms with Gasteiger partial charge in [0.25, 0.3) is 0 Å². The summed E-state index contributed by atoms with van der Waals surface area (Å²) in [5.41, 5.74) is 3.52. The van der Waals surface area contributed by atoms with Crippen LogP contribution in [0.3, 0.4) is 0 Å². The van der Waals surface area contributed by atoms with Gasteiger partial charge in [-0.1, -0.05) is 36.4 Å². The Labute approximate surface area is 190 Å². The molecule has 5 aromatic rings. The van der Waals surface area contributed by atoms with E-state index < -0.39 is 0 Å². The molecule has 32 heavy (non-hydrogen) atoms. The molecule has 0 saturated heterocycles. The summed E-state index contributed by atoms with van der Waals surface area (Å²) in [5.74, 6) is 1.37. The summed E-state index contributed by atoms with van der Waals surface area (Å²) in [5, 5.41) is 2.65. The molecule has 5 heteroatoms. The number of fused-ring (bicyclic) bond motifs is 3. The zero-order chi connectivity index (χ0) is 21.5. The van der Waals surface area contributed by atoms with Gasteiger partial charge in [0.2, 0.25) is 5.88 Å². The van der Waals surface area contributed by atoms with Crippen LogP contribution in [0.2, 0.25) is 0 Å². The predicted octanol–water partition coefficient (Wildman–Crippen LogP) is 6.95. The fourth-order valence-electron chi connectivity index (χ4n) is 4.18. The highest BCUT2D eigenvalue weighted by molar-refractivity contribution is 7.25. The quantitative estimate of drug-likeness (QED) is 0.305. The molecule has 156 valence electrons.